The van der Waals surface area contributed by atoms with Crippen LogP contribution in [0.3, 0.4) is 0 Å². The van der Waals surface area contributed by atoms with Crippen molar-refractivity contribution in [3.8, 4) is 0 Å². The number of rotatable bonds is 9. The third-order valence-corrected chi connectivity index (χ3v) is 7.46. The molecule has 7 nitrogen and oxygen atoms in total. The number of hydrogen-bond acceptors (Lipinski definition) is 5. The number of benzodiazepines with no additional fused rings is 1. The number of nitrogens with one attached hydrogen (secondary N) is 1. The molecule has 40 heavy (non-hydrogen) atoms. The molecule has 0 bridgehead atoms. The molecule has 1 aromatic heterocycles. The molecule has 0 radical (unpaired) electrons. The molecule has 1 aliphatic heterocycles. The molecular formula is C30H30F3N3O4. The molecule has 1 fully saturated rings. The van der Waals surface area contributed by atoms with Gasteiger partial charge >= 0.3 is 6.18 Å². The van der Waals surface area contributed by atoms with Gasteiger partial charge in [0.05, 0.1) is 35.2 Å². The van der Waals surface area contributed by atoms with Crippen LogP contribution in [0.2, 0.25) is 0 Å². The van der Waals surface area contributed by atoms with Gasteiger partial charge in [0.2, 0.25) is 12.1 Å². The van der Waals surface area contributed by atoms with Gasteiger partial charge in [0.1, 0.15) is 5.76 Å². The largest absolute Gasteiger partial charge is 0.469 e. The molecule has 2 aromatic carbocycles. The van der Waals surface area contributed by atoms with Crippen molar-refractivity contribution < 1.29 is 32.3 Å². The van der Waals surface area contributed by atoms with Gasteiger partial charge in [0.25, 0.3) is 5.91 Å². The Morgan fingerprint density at radius 1 is 1.12 bits per heavy atom. The number of nitrogens with zero attached hydrogens (tertiary/aromatic N) is 2. The monoisotopic (exact) mass is 553 g/mol. The van der Waals surface area contributed by atoms with Gasteiger partial charge in [0.15, 0.2) is 0 Å². The number of carbonyl (C=O) groups excluding carboxylic acids is 2. The first kappa shape index (κ1) is 27.6. The minimum Gasteiger partial charge on any atom is -0.469 e. The number of fused-ring (bicyclic) bond motifs is 1. The number of hydrogen-bond donors (Lipinski definition) is 2. The Bertz CT molecular complexity index is 1380. The van der Waals surface area contributed by atoms with E-state index >= 15 is 0 Å². The van der Waals surface area contributed by atoms with E-state index in [0.29, 0.717) is 47.8 Å². The lowest BCUT2D eigenvalue weighted by atomic mass is 9.91. The second kappa shape index (κ2) is 11.3. The van der Waals surface area contributed by atoms with E-state index < -0.39 is 41.7 Å². The molecule has 0 saturated heterocycles. The lowest BCUT2D eigenvalue weighted by Gasteiger charge is -2.25. The van der Waals surface area contributed by atoms with Gasteiger partial charge in [-0.05, 0) is 49.1 Å². The van der Waals surface area contributed by atoms with E-state index in [0.717, 1.165) is 25.0 Å². The summed E-state index contributed by atoms with van der Waals surface area (Å²) in [7, 11) is 1.56. The predicted octanol–water partition coefficient (Wildman–Crippen LogP) is 4.96. The highest BCUT2D eigenvalue weighted by atomic mass is 19.4. The van der Waals surface area contributed by atoms with E-state index in [9.17, 15) is 27.9 Å². The minimum atomic E-state index is -4.50. The number of aliphatic imine (C=N–C) groups is 1. The summed E-state index contributed by atoms with van der Waals surface area (Å²) < 4.78 is 44.9. The number of aryl methyl sites for hydroxylation is 1. The number of para-hydroxylation sites is 1. The van der Waals surface area contributed by atoms with Gasteiger partial charge in [-0.3, -0.25) is 9.59 Å². The zero-order valence-corrected chi connectivity index (χ0v) is 21.9. The van der Waals surface area contributed by atoms with E-state index in [2.05, 4.69) is 10.3 Å². The Hall–Kier alpha value is -3.92. The first-order valence-corrected chi connectivity index (χ1v) is 13.2. The van der Waals surface area contributed by atoms with Gasteiger partial charge in [0, 0.05) is 24.6 Å². The average Bonchev–Trinajstić information content (AvgIpc) is 3.63. The van der Waals surface area contributed by atoms with Crippen LogP contribution in [0.5, 0.6) is 0 Å². The third-order valence-electron chi connectivity index (χ3n) is 7.46. The zero-order valence-electron chi connectivity index (χ0n) is 21.9. The van der Waals surface area contributed by atoms with Gasteiger partial charge in [-0.1, -0.05) is 43.2 Å². The SMILES string of the molecule is CN1C(=O)[C@@H](NC(=O)[C@H](CC2CC2)[C@@H](O)CCc2ccco2)N=C(c2ccc(C(F)(F)F)cc2)c2ccccc21. The summed E-state index contributed by atoms with van der Waals surface area (Å²) in [6.45, 7) is 0. The number of aliphatic hydroxyl groups is 1. The molecular weight excluding hydrogens is 523 g/mol. The van der Waals surface area contributed by atoms with Crippen LogP contribution in [0.1, 0.15) is 48.1 Å². The third kappa shape index (κ3) is 6.12. The molecule has 210 valence electrons. The van der Waals surface area contributed by atoms with Gasteiger partial charge in [-0.2, -0.15) is 13.2 Å². The molecule has 1 aliphatic carbocycles. The predicted molar refractivity (Wildman–Crippen MR) is 143 cm³/mol. The molecule has 2 heterocycles. The van der Waals surface area contributed by atoms with Crippen molar-refractivity contribution in [2.45, 2.75) is 50.6 Å². The molecule has 1 saturated carbocycles. The summed E-state index contributed by atoms with van der Waals surface area (Å²) in [6, 6.07) is 15.0. The van der Waals surface area contributed by atoms with Crippen molar-refractivity contribution in [3.05, 3.63) is 89.4 Å². The summed E-state index contributed by atoms with van der Waals surface area (Å²) in [6.07, 6.45) is -2.03. The maximum Gasteiger partial charge on any atom is 0.416 e. The Balaban J connectivity index is 1.44. The summed E-state index contributed by atoms with van der Waals surface area (Å²) >= 11 is 0. The van der Waals surface area contributed by atoms with Crippen molar-refractivity contribution in [1.82, 2.24) is 5.32 Å². The molecule has 2 N–H and O–H groups in total. The van der Waals surface area contributed by atoms with E-state index in [-0.39, 0.29) is 5.71 Å². The summed E-state index contributed by atoms with van der Waals surface area (Å²) in [4.78, 5) is 33.0. The van der Waals surface area contributed by atoms with Crippen LogP contribution in [0.15, 0.2) is 76.3 Å². The smallest absolute Gasteiger partial charge is 0.416 e. The molecule has 5 rings (SSSR count). The molecule has 2 amide bonds. The number of alkyl halides is 3. The maximum atomic E-state index is 13.6. The van der Waals surface area contributed by atoms with Gasteiger partial charge < -0.3 is 19.7 Å². The van der Waals surface area contributed by atoms with Crippen LogP contribution in [0, 0.1) is 11.8 Å². The highest BCUT2D eigenvalue weighted by molar-refractivity contribution is 6.20. The number of carbonyl (C=O) groups is 2. The second-order valence-electron chi connectivity index (χ2n) is 10.3. The fraction of sp³-hybridized carbons (Fsp3) is 0.367. The molecule has 2 aliphatic rings. The van der Waals surface area contributed by atoms with Crippen molar-refractivity contribution in [2.24, 2.45) is 16.8 Å². The van der Waals surface area contributed by atoms with Crippen LogP contribution in [-0.4, -0.2) is 41.9 Å². The fourth-order valence-electron chi connectivity index (χ4n) is 5.00. The number of benzene rings is 2. The highest BCUT2D eigenvalue weighted by Gasteiger charge is 2.37. The lowest BCUT2D eigenvalue weighted by molar-refractivity contribution is -0.137. The van der Waals surface area contributed by atoms with Crippen LogP contribution in [0.25, 0.3) is 0 Å². The average molecular weight is 554 g/mol. The molecule has 3 aromatic rings. The Kier molecular flexibility index (Phi) is 7.80. The number of anilines is 1. The van der Waals surface area contributed by atoms with Gasteiger partial charge in [-0.15, -0.1) is 0 Å². The first-order chi connectivity index (χ1) is 19.1. The first-order valence-electron chi connectivity index (χ1n) is 13.2. The minimum absolute atomic E-state index is 0.282. The summed E-state index contributed by atoms with van der Waals surface area (Å²) in [5.74, 6) is -0.716. The fourth-order valence-corrected chi connectivity index (χ4v) is 5.00. The van der Waals surface area contributed by atoms with Crippen LogP contribution < -0.4 is 10.2 Å². The number of amides is 2. The summed E-state index contributed by atoms with van der Waals surface area (Å²) in [5, 5.41) is 13.7. The maximum absolute atomic E-state index is 13.6. The lowest BCUT2D eigenvalue weighted by Crippen LogP contribution is -2.49. The van der Waals surface area contributed by atoms with E-state index in [1.54, 1.807) is 49.7 Å². The quantitative estimate of drug-likeness (QED) is 0.392. The van der Waals surface area contributed by atoms with Crippen molar-refractivity contribution in [2.75, 3.05) is 11.9 Å². The van der Waals surface area contributed by atoms with Crippen LogP contribution in [0.4, 0.5) is 18.9 Å². The second-order valence-corrected chi connectivity index (χ2v) is 10.3. The van der Waals surface area contributed by atoms with Gasteiger partial charge in [-0.25, -0.2) is 4.99 Å². The topological polar surface area (TPSA) is 95.1 Å². The van der Waals surface area contributed by atoms with E-state index in [1.807, 2.05) is 0 Å². The molecule has 0 spiro atoms. The summed E-state index contributed by atoms with van der Waals surface area (Å²) in [5.41, 5.74) is 0.905. The molecule has 10 heteroatoms. The Morgan fingerprint density at radius 2 is 1.85 bits per heavy atom. The molecule has 0 unspecified atom stereocenters. The molecule has 3 atom stereocenters. The number of aliphatic hydroxyl groups excluding tert-OH is 1. The van der Waals surface area contributed by atoms with E-state index in [4.69, 9.17) is 4.42 Å². The normalized spacial score (nSPS) is 18.9. The number of likely N-dealkylation sites (N-methyl/N-ethyl adjacent to an activating group) is 1. The van der Waals surface area contributed by atoms with Crippen LogP contribution in [-0.2, 0) is 22.2 Å². The highest BCUT2D eigenvalue weighted by Crippen LogP contribution is 2.37. The van der Waals surface area contributed by atoms with E-state index in [1.165, 1.54) is 17.0 Å². The zero-order chi connectivity index (χ0) is 28.4. The van der Waals surface area contributed by atoms with Crippen molar-refractivity contribution in [1.29, 1.82) is 0 Å². The standard InChI is InChI=1S/C30H30F3N3O4/c1-36-24-7-3-2-6-22(24)26(19-10-12-20(13-11-19)30(31,32)33)34-27(29(36)39)35-28(38)23(17-18-8-9-18)25(37)15-14-21-5-4-16-40-21/h2-7,10-13,16,18,23,25,27,37H,8-9,14-15,17H2,1H3,(H,35,38)/t23-,25+,27-/m1/s1. The Labute approximate surface area is 229 Å². The van der Waals surface area contributed by atoms with Crippen molar-refractivity contribution >= 4 is 23.2 Å². The number of furan rings is 1. The van der Waals surface area contributed by atoms with Crippen LogP contribution >= 0.6 is 0 Å². The van der Waals surface area contributed by atoms with Crippen molar-refractivity contribution in [3.63, 3.8) is 0 Å². The number of halogens is 3. The Morgan fingerprint density at radius 3 is 2.50 bits per heavy atom.